The molecule has 0 bridgehead atoms. The zero-order chi connectivity index (χ0) is 17.5. The fourth-order valence-corrected chi connectivity index (χ4v) is 4.43. The van der Waals surface area contributed by atoms with Gasteiger partial charge >= 0.3 is 0 Å². The molecule has 0 aliphatic carbocycles. The molecule has 0 radical (unpaired) electrons. The number of thiophene rings is 1. The van der Waals surface area contributed by atoms with Gasteiger partial charge in [0.1, 0.15) is 0 Å². The zero-order valence-corrected chi connectivity index (χ0v) is 17.1. The summed E-state index contributed by atoms with van der Waals surface area (Å²) in [5.74, 6) is -0.0270. The second-order valence-corrected chi connectivity index (χ2v) is 8.25. The first-order chi connectivity index (χ1) is 11.5. The maximum Gasteiger partial charge on any atom is 0.224 e. The summed E-state index contributed by atoms with van der Waals surface area (Å²) in [5.41, 5.74) is 6.40. The van der Waals surface area contributed by atoms with Gasteiger partial charge in [0.15, 0.2) is 0 Å². The second kappa shape index (κ2) is 11.2. The Hall–Kier alpha value is -0.530. The highest BCUT2D eigenvalue weighted by Crippen LogP contribution is 2.32. The minimum atomic E-state index is -0.126. The largest absolute Gasteiger partial charge is 0.355 e. The van der Waals surface area contributed by atoms with E-state index in [1.54, 1.807) is 4.90 Å². The Morgan fingerprint density at radius 1 is 1.40 bits per heavy atom. The first kappa shape index (κ1) is 22.5. The summed E-state index contributed by atoms with van der Waals surface area (Å²) in [6.07, 6.45) is 3.61. The molecular formula is C16H24Cl3N3O2S. The lowest BCUT2D eigenvalue weighted by Crippen LogP contribution is -2.46. The molecular weight excluding hydrogens is 405 g/mol. The van der Waals surface area contributed by atoms with Crippen molar-refractivity contribution < 1.29 is 9.59 Å². The van der Waals surface area contributed by atoms with E-state index in [0.29, 0.717) is 34.7 Å². The molecule has 142 valence electrons. The van der Waals surface area contributed by atoms with E-state index in [9.17, 15) is 9.59 Å². The minimum absolute atomic E-state index is 0. The molecule has 1 aliphatic heterocycles. The van der Waals surface area contributed by atoms with E-state index in [4.69, 9.17) is 28.9 Å². The number of nitrogens with two attached hydrogens (primary N) is 1. The average Bonchev–Trinajstić information content (AvgIpc) is 2.90. The first-order valence-corrected chi connectivity index (χ1v) is 9.77. The van der Waals surface area contributed by atoms with Gasteiger partial charge in [0.2, 0.25) is 11.8 Å². The van der Waals surface area contributed by atoms with Gasteiger partial charge in [-0.1, -0.05) is 23.2 Å². The molecule has 2 heterocycles. The van der Waals surface area contributed by atoms with Crippen LogP contribution in [-0.4, -0.2) is 42.9 Å². The Kier molecular flexibility index (Phi) is 10.1. The number of carbonyl (C=O) groups excluding carboxylic acids is 2. The Morgan fingerprint density at radius 3 is 2.80 bits per heavy atom. The number of piperidine rings is 1. The summed E-state index contributed by atoms with van der Waals surface area (Å²) in [4.78, 5) is 26.2. The molecule has 0 aromatic carbocycles. The molecule has 3 N–H and O–H groups in total. The van der Waals surface area contributed by atoms with Gasteiger partial charge < -0.3 is 16.0 Å². The third-order valence-electron chi connectivity index (χ3n) is 4.15. The number of likely N-dealkylation sites (tertiary alicyclic amines) is 1. The molecule has 1 aliphatic rings. The highest BCUT2D eigenvalue weighted by molar-refractivity contribution is 7.20. The maximum absolute atomic E-state index is 12.4. The van der Waals surface area contributed by atoms with Crippen LogP contribution in [-0.2, 0) is 16.0 Å². The van der Waals surface area contributed by atoms with E-state index < -0.39 is 0 Å². The molecule has 1 fully saturated rings. The van der Waals surface area contributed by atoms with Gasteiger partial charge in [-0.3, -0.25) is 9.59 Å². The standard InChI is InChI=1S/C16H23Cl2N3O2S.ClH/c17-13-9-11(15(18)24-13)3-1-5-14(22)21-8-2-4-12(10-21)16(23)20-7-6-19;/h9,12H,1-8,10,19H2,(H,20,23);1H. The van der Waals surface area contributed by atoms with Crippen LogP contribution in [0.25, 0.3) is 0 Å². The van der Waals surface area contributed by atoms with Gasteiger partial charge in [0, 0.05) is 32.6 Å². The van der Waals surface area contributed by atoms with Crippen molar-refractivity contribution in [3.63, 3.8) is 0 Å². The number of amides is 2. The molecule has 1 aromatic rings. The fourth-order valence-electron chi connectivity index (χ4n) is 2.89. The maximum atomic E-state index is 12.4. The lowest BCUT2D eigenvalue weighted by Gasteiger charge is -2.32. The molecule has 0 spiro atoms. The van der Waals surface area contributed by atoms with E-state index in [1.807, 2.05) is 6.07 Å². The van der Waals surface area contributed by atoms with E-state index in [2.05, 4.69) is 5.32 Å². The smallest absolute Gasteiger partial charge is 0.224 e. The van der Waals surface area contributed by atoms with Crippen LogP contribution in [0.3, 0.4) is 0 Å². The van der Waals surface area contributed by atoms with Crippen LogP contribution in [0.4, 0.5) is 0 Å². The van der Waals surface area contributed by atoms with Crippen LogP contribution in [0.1, 0.15) is 31.2 Å². The van der Waals surface area contributed by atoms with Crippen molar-refractivity contribution >= 4 is 58.8 Å². The van der Waals surface area contributed by atoms with Crippen molar-refractivity contribution in [2.24, 2.45) is 11.7 Å². The summed E-state index contributed by atoms with van der Waals surface area (Å²) in [6.45, 7) is 2.13. The van der Waals surface area contributed by atoms with Gasteiger partial charge in [0.05, 0.1) is 14.6 Å². The van der Waals surface area contributed by atoms with E-state index >= 15 is 0 Å². The highest BCUT2D eigenvalue weighted by atomic mass is 35.5. The molecule has 2 rings (SSSR count). The van der Waals surface area contributed by atoms with E-state index in [-0.39, 0.29) is 30.1 Å². The Bertz CT molecular complexity index is 583. The predicted molar refractivity (Wildman–Crippen MR) is 106 cm³/mol. The van der Waals surface area contributed by atoms with Crippen molar-refractivity contribution in [3.05, 3.63) is 20.3 Å². The molecule has 2 amide bonds. The van der Waals surface area contributed by atoms with Crippen LogP contribution in [0, 0.1) is 5.92 Å². The Balaban J connectivity index is 0.00000312. The van der Waals surface area contributed by atoms with Crippen LogP contribution >= 0.6 is 46.9 Å². The highest BCUT2D eigenvalue weighted by Gasteiger charge is 2.27. The third kappa shape index (κ3) is 6.94. The number of aryl methyl sites for hydroxylation is 1. The van der Waals surface area contributed by atoms with Crippen molar-refractivity contribution in [3.8, 4) is 0 Å². The number of nitrogens with one attached hydrogen (secondary N) is 1. The minimum Gasteiger partial charge on any atom is -0.355 e. The lowest BCUT2D eigenvalue weighted by atomic mass is 9.96. The van der Waals surface area contributed by atoms with Crippen LogP contribution in [0.5, 0.6) is 0 Å². The molecule has 1 atom stereocenters. The lowest BCUT2D eigenvalue weighted by molar-refractivity contribution is -0.135. The van der Waals surface area contributed by atoms with Crippen LogP contribution in [0.2, 0.25) is 8.67 Å². The van der Waals surface area contributed by atoms with Gasteiger partial charge in [-0.2, -0.15) is 0 Å². The summed E-state index contributed by atoms with van der Waals surface area (Å²) >= 11 is 13.4. The fraction of sp³-hybridized carbons (Fsp3) is 0.625. The molecule has 1 unspecified atom stereocenters. The number of halogens is 3. The average molecular weight is 429 g/mol. The van der Waals surface area contributed by atoms with Crippen molar-refractivity contribution in [1.82, 2.24) is 10.2 Å². The quantitative estimate of drug-likeness (QED) is 0.700. The summed E-state index contributed by atoms with van der Waals surface area (Å²) in [5, 5.41) is 2.81. The van der Waals surface area contributed by atoms with Crippen molar-refractivity contribution in [2.75, 3.05) is 26.2 Å². The Labute approximate surface area is 168 Å². The number of nitrogens with zero attached hydrogens (tertiary/aromatic N) is 1. The number of hydrogen-bond donors (Lipinski definition) is 2. The van der Waals surface area contributed by atoms with E-state index in [1.165, 1.54) is 11.3 Å². The summed E-state index contributed by atoms with van der Waals surface area (Å²) in [6, 6.07) is 1.86. The monoisotopic (exact) mass is 427 g/mol. The van der Waals surface area contributed by atoms with Crippen LogP contribution < -0.4 is 11.1 Å². The molecule has 1 aromatic heterocycles. The molecule has 5 nitrogen and oxygen atoms in total. The van der Waals surface area contributed by atoms with Gasteiger partial charge in [-0.15, -0.1) is 23.7 Å². The van der Waals surface area contributed by atoms with Crippen molar-refractivity contribution in [1.29, 1.82) is 0 Å². The second-order valence-electron chi connectivity index (χ2n) is 5.96. The van der Waals surface area contributed by atoms with Gasteiger partial charge in [-0.25, -0.2) is 0 Å². The summed E-state index contributed by atoms with van der Waals surface area (Å²) < 4.78 is 1.37. The van der Waals surface area contributed by atoms with Crippen molar-refractivity contribution in [2.45, 2.75) is 32.1 Å². The van der Waals surface area contributed by atoms with Gasteiger partial charge in [-0.05, 0) is 37.3 Å². The van der Waals surface area contributed by atoms with E-state index in [0.717, 1.165) is 37.8 Å². The zero-order valence-electron chi connectivity index (χ0n) is 13.9. The summed E-state index contributed by atoms with van der Waals surface area (Å²) in [7, 11) is 0. The normalized spacial score (nSPS) is 17.1. The molecule has 1 saturated heterocycles. The first-order valence-electron chi connectivity index (χ1n) is 8.20. The number of hydrogen-bond acceptors (Lipinski definition) is 4. The predicted octanol–water partition coefficient (Wildman–Crippen LogP) is 3.11. The number of carbonyl (C=O) groups is 2. The molecule has 25 heavy (non-hydrogen) atoms. The van der Waals surface area contributed by atoms with Gasteiger partial charge in [0.25, 0.3) is 0 Å². The van der Waals surface area contributed by atoms with Crippen LogP contribution in [0.15, 0.2) is 6.07 Å². The molecule has 0 saturated carbocycles. The molecule has 9 heteroatoms. The topological polar surface area (TPSA) is 75.4 Å². The third-order valence-corrected chi connectivity index (χ3v) is 5.72. The Morgan fingerprint density at radius 2 is 2.16 bits per heavy atom. The SMILES string of the molecule is Cl.NCCNC(=O)C1CCCN(C(=O)CCCc2cc(Cl)sc2Cl)C1. The number of rotatable bonds is 7.